The first-order chi connectivity index (χ1) is 14.5. The molecule has 1 heterocycles. The number of rotatable bonds is 9. The molecule has 160 valence electrons. The maximum absolute atomic E-state index is 12.6. The highest BCUT2D eigenvalue weighted by atomic mass is 35.5. The van der Waals surface area contributed by atoms with Gasteiger partial charge in [-0.1, -0.05) is 29.8 Å². The molecule has 3 rings (SSSR count). The van der Waals surface area contributed by atoms with E-state index in [-0.39, 0.29) is 24.2 Å². The van der Waals surface area contributed by atoms with E-state index in [0.29, 0.717) is 49.2 Å². The fourth-order valence-corrected chi connectivity index (χ4v) is 3.75. The summed E-state index contributed by atoms with van der Waals surface area (Å²) in [5.41, 5.74) is 1.69. The number of hydrogen-bond donors (Lipinski definition) is 1. The van der Waals surface area contributed by atoms with E-state index in [0.717, 1.165) is 11.3 Å². The van der Waals surface area contributed by atoms with Crippen LogP contribution >= 0.6 is 11.6 Å². The zero-order valence-electron chi connectivity index (χ0n) is 17.3. The molecule has 1 saturated heterocycles. The number of carbonyl (C=O) groups is 2. The highest BCUT2D eigenvalue weighted by Gasteiger charge is 2.35. The number of anilines is 1. The van der Waals surface area contributed by atoms with Gasteiger partial charge in [0, 0.05) is 19.5 Å². The number of amides is 2. The van der Waals surface area contributed by atoms with Gasteiger partial charge in [-0.05, 0) is 50.1 Å². The monoisotopic (exact) mass is 430 g/mol. The van der Waals surface area contributed by atoms with E-state index in [1.54, 1.807) is 17.0 Å². The molecule has 2 aromatic rings. The van der Waals surface area contributed by atoms with Gasteiger partial charge < -0.3 is 19.7 Å². The molecule has 1 N–H and O–H groups in total. The van der Waals surface area contributed by atoms with Gasteiger partial charge in [0.2, 0.25) is 11.8 Å². The number of hydrogen-bond acceptors (Lipinski definition) is 4. The number of halogens is 1. The molecule has 7 heteroatoms. The predicted molar refractivity (Wildman–Crippen MR) is 117 cm³/mol. The fraction of sp³-hybridized carbons (Fsp3) is 0.391. The van der Waals surface area contributed by atoms with Gasteiger partial charge in [0.25, 0.3) is 0 Å². The second kappa shape index (κ2) is 10.3. The second-order valence-electron chi connectivity index (χ2n) is 7.04. The Labute approximate surface area is 182 Å². The lowest BCUT2D eigenvalue weighted by Crippen LogP contribution is -2.34. The van der Waals surface area contributed by atoms with Crippen LogP contribution in [0.2, 0.25) is 5.02 Å². The van der Waals surface area contributed by atoms with Crippen LogP contribution in [0.4, 0.5) is 5.69 Å². The summed E-state index contributed by atoms with van der Waals surface area (Å²) in [6.07, 6.45) is 0.849. The summed E-state index contributed by atoms with van der Waals surface area (Å²) in [5.74, 6) is 0.842. The Morgan fingerprint density at radius 1 is 1.13 bits per heavy atom. The third-order valence-electron chi connectivity index (χ3n) is 4.96. The predicted octanol–water partition coefficient (Wildman–Crippen LogP) is 3.85. The Morgan fingerprint density at radius 2 is 1.87 bits per heavy atom. The average molecular weight is 431 g/mol. The molecule has 1 atom stereocenters. The van der Waals surface area contributed by atoms with Crippen LogP contribution in [0.3, 0.4) is 0 Å². The van der Waals surface area contributed by atoms with E-state index < -0.39 is 0 Å². The largest absolute Gasteiger partial charge is 0.490 e. The van der Waals surface area contributed by atoms with Crippen LogP contribution in [0.15, 0.2) is 42.5 Å². The van der Waals surface area contributed by atoms with Crippen molar-refractivity contribution in [3.05, 3.63) is 53.1 Å². The lowest BCUT2D eigenvalue weighted by molar-refractivity contribution is -0.126. The number of carbonyl (C=O) groups excluding carboxylic acids is 2. The first-order valence-electron chi connectivity index (χ1n) is 10.2. The van der Waals surface area contributed by atoms with Gasteiger partial charge in [-0.25, -0.2) is 0 Å². The lowest BCUT2D eigenvalue weighted by atomic mass is 10.1. The first-order valence-corrected chi connectivity index (χ1v) is 10.6. The summed E-state index contributed by atoms with van der Waals surface area (Å²) in [5, 5.41) is 3.46. The highest BCUT2D eigenvalue weighted by molar-refractivity contribution is 6.33. The van der Waals surface area contributed by atoms with E-state index in [4.69, 9.17) is 21.1 Å². The maximum Gasteiger partial charge on any atom is 0.227 e. The van der Waals surface area contributed by atoms with Crippen LogP contribution in [-0.4, -0.2) is 38.1 Å². The van der Waals surface area contributed by atoms with Crippen molar-refractivity contribution < 1.29 is 19.1 Å². The Morgan fingerprint density at radius 3 is 2.60 bits per heavy atom. The molecule has 2 amide bonds. The van der Waals surface area contributed by atoms with Crippen molar-refractivity contribution in [2.24, 2.45) is 5.92 Å². The molecule has 0 aliphatic carbocycles. The SMILES string of the molecule is CCOc1ccc(CCNC(=O)C2CC(=O)N(c3ccccc3Cl)C2)cc1OCC. The highest BCUT2D eigenvalue weighted by Crippen LogP contribution is 2.31. The summed E-state index contributed by atoms with van der Waals surface area (Å²) in [7, 11) is 0. The smallest absolute Gasteiger partial charge is 0.227 e. The summed E-state index contributed by atoms with van der Waals surface area (Å²) in [6, 6.07) is 13.0. The molecule has 1 fully saturated rings. The summed E-state index contributed by atoms with van der Waals surface area (Å²) in [4.78, 5) is 26.6. The van der Waals surface area contributed by atoms with Gasteiger partial charge in [-0.3, -0.25) is 9.59 Å². The molecule has 1 aliphatic rings. The van der Waals surface area contributed by atoms with Crippen LogP contribution in [0, 0.1) is 5.92 Å². The topological polar surface area (TPSA) is 67.9 Å². The fourth-order valence-electron chi connectivity index (χ4n) is 3.51. The zero-order valence-corrected chi connectivity index (χ0v) is 18.1. The van der Waals surface area contributed by atoms with Gasteiger partial charge in [0.05, 0.1) is 29.8 Å². The molecule has 0 radical (unpaired) electrons. The average Bonchev–Trinajstić information content (AvgIpc) is 3.12. The Balaban J connectivity index is 1.54. The summed E-state index contributed by atoms with van der Waals surface area (Å²) < 4.78 is 11.2. The van der Waals surface area contributed by atoms with Crippen molar-refractivity contribution in [3.63, 3.8) is 0 Å². The first kappa shape index (κ1) is 22.0. The van der Waals surface area contributed by atoms with Crippen molar-refractivity contribution >= 4 is 29.1 Å². The number of para-hydroxylation sites is 1. The molecule has 0 aromatic heterocycles. The van der Waals surface area contributed by atoms with E-state index >= 15 is 0 Å². The molecule has 0 bridgehead atoms. The lowest BCUT2D eigenvalue weighted by Gasteiger charge is -2.18. The summed E-state index contributed by atoms with van der Waals surface area (Å²) in [6.45, 7) is 5.80. The zero-order chi connectivity index (χ0) is 21.5. The van der Waals surface area contributed by atoms with Crippen molar-refractivity contribution in [1.82, 2.24) is 5.32 Å². The third kappa shape index (κ3) is 5.25. The number of ether oxygens (including phenoxy) is 2. The van der Waals surface area contributed by atoms with Crippen molar-refractivity contribution in [3.8, 4) is 11.5 Å². The normalized spacial score (nSPS) is 15.9. The summed E-state index contributed by atoms with van der Waals surface area (Å²) >= 11 is 6.20. The minimum atomic E-state index is -0.381. The minimum absolute atomic E-state index is 0.0869. The van der Waals surface area contributed by atoms with Crippen LogP contribution in [0.25, 0.3) is 0 Å². The Kier molecular flexibility index (Phi) is 7.57. The number of benzene rings is 2. The molecule has 1 unspecified atom stereocenters. The van der Waals surface area contributed by atoms with Gasteiger partial charge in [-0.2, -0.15) is 0 Å². The van der Waals surface area contributed by atoms with Gasteiger partial charge in [0.15, 0.2) is 11.5 Å². The van der Waals surface area contributed by atoms with Crippen LogP contribution < -0.4 is 19.7 Å². The van der Waals surface area contributed by atoms with Gasteiger partial charge in [-0.15, -0.1) is 0 Å². The maximum atomic E-state index is 12.6. The minimum Gasteiger partial charge on any atom is -0.490 e. The molecule has 0 spiro atoms. The van der Waals surface area contributed by atoms with Crippen molar-refractivity contribution in [2.75, 3.05) is 31.2 Å². The number of nitrogens with one attached hydrogen (secondary N) is 1. The quantitative estimate of drug-likeness (QED) is 0.656. The molecule has 30 heavy (non-hydrogen) atoms. The van der Waals surface area contributed by atoms with Crippen LogP contribution in [-0.2, 0) is 16.0 Å². The van der Waals surface area contributed by atoms with Gasteiger partial charge >= 0.3 is 0 Å². The molecular weight excluding hydrogens is 404 g/mol. The Hall–Kier alpha value is -2.73. The van der Waals surface area contributed by atoms with Crippen LogP contribution in [0.5, 0.6) is 11.5 Å². The molecular formula is C23H27ClN2O4. The van der Waals surface area contributed by atoms with Crippen LogP contribution in [0.1, 0.15) is 25.8 Å². The van der Waals surface area contributed by atoms with Gasteiger partial charge in [0.1, 0.15) is 0 Å². The van der Waals surface area contributed by atoms with Crippen molar-refractivity contribution in [2.45, 2.75) is 26.7 Å². The van der Waals surface area contributed by atoms with E-state index in [1.807, 2.05) is 44.2 Å². The second-order valence-corrected chi connectivity index (χ2v) is 7.45. The number of nitrogens with zero attached hydrogens (tertiary/aromatic N) is 1. The Bertz CT molecular complexity index is 903. The standard InChI is InChI=1S/C23H27ClN2O4/c1-3-29-20-10-9-16(13-21(20)30-4-2)11-12-25-23(28)17-14-22(27)26(15-17)19-8-6-5-7-18(19)24/h5-10,13,17H,3-4,11-12,14-15H2,1-2H3,(H,25,28). The molecule has 0 saturated carbocycles. The van der Waals surface area contributed by atoms with E-state index in [9.17, 15) is 9.59 Å². The van der Waals surface area contributed by atoms with Crippen molar-refractivity contribution in [1.29, 1.82) is 0 Å². The van der Waals surface area contributed by atoms with E-state index in [2.05, 4.69) is 5.32 Å². The molecule has 1 aliphatic heterocycles. The molecule has 2 aromatic carbocycles. The molecule has 6 nitrogen and oxygen atoms in total. The third-order valence-corrected chi connectivity index (χ3v) is 5.28. The van der Waals surface area contributed by atoms with E-state index in [1.165, 1.54) is 0 Å².